The molecule has 2 atom stereocenters. The predicted molar refractivity (Wildman–Crippen MR) is 55.7 cm³/mol. The summed E-state index contributed by atoms with van der Waals surface area (Å²) in [5.74, 6) is -0.148. The van der Waals surface area contributed by atoms with E-state index in [4.69, 9.17) is 0 Å². The first-order valence-electron chi connectivity index (χ1n) is 3.64. The molecule has 0 aliphatic heterocycles. The van der Waals surface area contributed by atoms with Crippen molar-refractivity contribution < 1.29 is 12.8 Å². The molecule has 0 aliphatic carbocycles. The van der Waals surface area contributed by atoms with Crippen molar-refractivity contribution >= 4 is 40.7 Å². The normalized spacial score (nSPS) is 11.5. The van der Waals surface area contributed by atoms with Crippen molar-refractivity contribution in [3.8, 4) is 5.75 Å². The number of nitrogens with zero attached hydrogens (tertiary/aromatic N) is 2. The van der Waals surface area contributed by atoms with Crippen LogP contribution in [0.15, 0.2) is 18.2 Å². The summed E-state index contributed by atoms with van der Waals surface area (Å²) in [7, 11) is 0. The van der Waals surface area contributed by atoms with Gasteiger partial charge in [-0.05, 0) is 0 Å². The zero-order valence-electron chi connectivity index (χ0n) is 7.21. The van der Waals surface area contributed by atoms with E-state index in [0.717, 1.165) is 0 Å². The van der Waals surface area contributed by atoms with Gasteiger partial charge < -0.3 is 0 Å². The topological polar surface area (TPSA) is 107 Å². The van der Waals surface area contributed by atoms with Crippen LogP contribution < -0.4 is 8.70 Å². The molecule has 0 spiro atoms. The third-order valence-electron chi connectivity index (χ3n) is 1.43. The summed E-state index contributed by atoms with van der Waals surface area (Å²) < 4.78 is -0.144. The van der Waals surface area contributed by atoms with Crippen LogP contribution in [-0.4, -0.2) is 44.7 Å². The van der Waals surface area contributed by atoms with Gasteiger partial charge in [0.25, 0.3) is 0 Å². The first kappa shape index (κ1) is 12.0. The average Bonchev–Trinajstić information content (AvgIpc) is 2.09. The van der Waals surface area contributed by atoms with Crippen molar-refractivity contribution in [2.24, 2.45) is 0 Å². The van der Waals surface area contributed by atoms with Crippen LogP contribution in [0.1, 0.15) is 0 Å². The molecular formula is C6H6As2N2O5. The molecule has 0 amide bonds. The van der Waals surface area contributed by atoms with Crippen molar-refractivity contribution in [1.82, 2.24) is 0 Å². The molecule has 0 heterocycles. The van der Waals surface area contributed by atoms with E-state index < -0.39 is 39.6 Å². The Hall–Kier alpha value is -1.06. The van der Waals surface area contributed by atoms with Gasteiger partial charge in [-0.1, -0.05) is 0 Å². The Bertz CT molecular complexity index is 411. The number of phenols is 1. The zero-order valence-corrected chi connectivity index (χ0v) is 11.4. The minimum atomic E-state index is -1.66. The molecule has 1 rings (SSSR count). The minimum absolute atomic E-state index is 0.148. The van der Waals surface area contributed by atoms with Gasteiger partial charge in [0.1, 0.15) is 0 Å². The molecule has 0 saturated heterocycles. The molecule has 2 unspecified atom stereocenters. The fourth-order valence-corrected chi connectivity index (χ4v) is 4.04. The summed E-state index contributed by atoms with van der Waals surface area (Å²) in [4.78, 5) is 20.5. The molecule has 0 fully saturated rings. The van der Waals surface area contributed by atoms with E-state index >= 15 is 0 Å². The number of nitro groups is 2. The van der Waals surface area contributed by atoms with Gasteiger partial charge in [-0.2, -0.15) is 0 Å². The van der Waals surface area contributed by atoms with Gasteiger partial charge >= 0.3 is 97.6 Å². The first-order chi connectivity index (χ1) is 6.99. The fourth-order valence-electron chi connectivity index (χ4n) is 0.899. The number of hydrogen-bond acceptors (Lipinski definition) is 5. The van der Waals surface area contributed by atoms with E-state index in [0.29, 0.717) is 4.35 Å². The molecule has 7 nitrogen and oxygen atoms in total. The number of benzene rings is 1. The van der Waals surface area contributed by atoms with Gasteiger partial charge in [0, 0.05) is 0 Å². The van der Waals surface area contributed by atoms with E-state index in [1.165, 1.54) is 18.2 Å². The van der Waals surface area contributed by atoms with Crippen molar-refractivity contribution in [2.75, 3.05) is 0 Å². The fraction of sp³-hybridized carbons (Fsp3) is 0. The van der Waals surface area contributed by atoms with Crippen LogP contribution in [0.5, 0.6) is 5.75 Å². The molecule has 80 valence electrons. The average molecular weight is 336 g/mol. The number of phenolic OH excluding ortho intramolecular Hbond substituents is 1. The van der Waals surface area contributed by atoms with Crippen LogP contribution in [-0.2, 0) is 0 Å². The summed E-state index contributed by atoms with van der Waals surface area (Å²) in [5.41, 5.74) is 0. The van der Waals surface area contributed by atoms with Gasteiger partial charge in [-0.15, -0.1) is 0 Å². The summed E-state index contributed by atoms with van der Waals surface area (Å²) in [5, 5.41) is 29.8. The van der Waals surface area contributed by atoms with Crippen LogP contribution in [0, 0.1) is 20.2 Å². The standard InChI is InChI=1S/C6H6As2N2O5/c11-6-2-1-4(7-9(12)13)3-5(6)8-10(14)15/h1-3,7-8,11H. The Labute approximate surface area is 97.6 Å². The molecule has 1 aromatic rings. The van der Waals surface area contributed by atoms with E-state index in [1.807, 2.05) is 0 Å². The first-order valence-corrected chi connectivity index (χ1v) is 7.61. The Kier molecular flexibility index (Phi) is 4.12. The molecule has 1 N–H and O–H groups in total. The van der Waals surface area contributed by atoms with Crippen LogP contribution in [0.25, 0.3) is 0 Å². The van der Waals surface area contributed by atoms with Crippen LogP contribution in [0.3, 0.4) is 0 Å². The zero-order chi connectivity index (χ0) is 11.4. The van der Waals surface area contributed by atoms with E-state index in [9.17, 15) is 25.3 Å². The van der Waals surface area contributed by atoms with Gasteiger partial charge in [-0.25, -0.2) is 0 Å². The maximum absolute atomic E-state index is 10.3. The Morgan fingerprint density at radius 3 is 2.27 bits per heavy atom. The maximum atomic E-state index is 10.3. The molecule has 0 bridgehead atoms. The van der Waals surface area contributed by atoms with Crippen molar-refractivity contribution in [3.05, 3.63) is 38.4 Å². The molecule has 1 aromatic carbocycles. The third kappa shape index (κ3) is 3.89. The second-order valence-electron chi connectivity index (χ2n) is 2.47. The van der Waals surface area contributed by atoms with Gasteiger partial charge in [0.05, 0.1) is 0 Å². The summed E-state index contributed by atoms with van der Waals surface area (Å²) in [6, 6.07) is 4.10. The van der Waals surface area contributed by atoms with Crippen LogP contribution in [0.2, 0.25) is 0 Å². The Balaban J connectivity index is 2.94. The van der Waals surface area contributed by atoms with Crippen molar-refractivity contribution in [1.29, 1.82) is 0 Å². The summed E-state index contributed by atoms with van der Waals surface area (Å²) >= 11 is -3.18. The quantitative estimate of drug-likeness (QED) is 0.385. The monoisotopic (exact) mass is 336 g/mol. The third-order valence-corrected chi connectivity index (χ3v) is 4.73. The molecule has 0 radical (unpaired) electrons. The molecular weight excluding hydrogens is 330 g/mol. The predicted octanol–water partition coefficient (Wildman–Crippen LogP) is -2.10. The van der Waals surface area contributed by atoms with Crippen LogP contribution in [0.4, 0.5) is 0 Å². The van der Waals surface area contributed by atoms with E-state index in [1.54, 1.807) is 0 Å². The van der Waals surface area contributed by atoms with Crippen LogP contribution >= 0.6 is 0 Å². The van der Waals surface area contributed by atoms with Crippen molar-refractivity contribution in [2.45, 2.75) is 0 Å². The van der Waals surface area contributed by atoms with Gasteiger partial charge in [0.15, 0.2) is 0 Å². The number of hydrogen-bond donors (Lipinski definition) is 1. The Morgan fingerprint density at radius 2 is 1.73 bits per heavy atom. The molecule has 0 saturated carbocycles. The second-order valence-corrected chi connectivity index (χ2v) is 7.28. The molecule has 0 aliphatic rings. The summed E-state index contributed by atoms with van der Waals surface area (Å²) in [6.45, 7) is 0. The number of aromatic hydroxyl groups is 1. The van der Waals surface area contributed by atoms with Gasteiger partial charge in [-0.3, -0.25) is 0 Å². The second kappa shape index (κ2) is 5.14. The SMILES string of the molecule is O=[N+]([O-])[AsH]c1ccc(O)c([AsH][N+](=O)[O-])c1. The van der Waals surface area contributed by atoms with E-state index in [-0.39, 0.29) is 10.1 Å². The molecule has 15 heavy (non-hydrogen) atoms. The van der Waals surface area contributed by atoms with E-state index in [2.05, 4.69) is 0 Å². The van der Waals surface area contributed by atoms with Crippen molar-refractivity contribution in [3.63, 3.8) is 0 Å². The summed E-state index contributed by atoms with van der Waals surface area (Å²) in [6.07, 6.45) is 0. The van der Waals surface area contributed by atoms with Gasteiger partial charge in [0.2, 0.25) is 0 Å². The molecule has 9 heteroatoms. The number of rotatable bonds is 4. The molecule has 0 aromatic heterocycles. The Morgan fingerprint density at radius 1 is 1.13 bits per heavy atom.